The van der Waals surface area contributed by atoms with E-state index in [0.717, 1.165) is 0 Å². The summed E-state index contributed by atoms with van der Waals surface area (Å²) in [6.07, 6.45) is 0. The van der Waals surface area contributed by atoms with E-state index in [9.17, 15) is 9.59 Å². The molecular weight excluding hydrogens is 294 g/mol. The highest BCUT2D eigenvalue weighted by molar-refractivity contribution is 5.77. The Labute approximate surface area is 131 Å². The summed E-state index contributed by atoms with van der Waals surface area (Å²) in [5.41, 5.74) is 0. The molecule has 8 nitrogen and oxygen atoms in total. The normalized spacial score (nSPS) is 10.6. The van der Waals surface area contributed by atoms with E-state index in [2.05, 4.69) is 10.1 Å². The summed E-state index contributed by atoms with van der Waals surface area (Å²) >= 11 is 0. The van der Waals surface area contributed by atoms with Crippen LogP contribution in [0.25, 0.3) is 0 Å². The number of carbonyl (C=O) groups excluding carboxylic acids is 2. The van der Waals surface area contributed by atoms with Crippen molar-refractivity contribution < 1.29 is 33.3 Å². The van der Waals surface area contributed by atoms with Crippen molar-refractivity contribution in [2.75, 3.05) is 73.1 Å². The van der Waals surface area contributed by atoms with Gasteiger partial charge in [0.25, 0.3) is 0 Å². The van der Waals surface area contributed by atoms with Crippen LogP contribution in [-0.4, -0.2) is 84.8 Å². The number of ketones is 1. The van der Waals surface area contributed by atoms with E-state index in [4.69, 9.17) is 18.9 Å². The summed E-state index contributed by atoms with van der Waals surface area (Å²) in [5.74, 6) is -0.159. The summed E-state index contributed by atoms with van der Waals surface area (Å²) in [6, 6.07) is 0. The van der Waals surface area contributed by atoms with Crippen LogP contribution in [-0.2, 0) is 33.3 Å². The number of carbonyl (C=O) groups is 2. The highest BCUT2D eigenvalue weighted by Crippen LogP contribution is 1.83. The summed E-state index contributed by atoms with van der Waals surface area (Å²) in [4.78, 5) is 21.6. The number of amides is 1. The van der Waals surface area contributed by atoms with Crippen molar-refractivity contribution in [2.24, 2.45) is 0 Å². The van der Waals surface area contributed by atoms with Gasteiger partial charge in [0.05, 0.1) is 46.2 Å². The van der Waals surface area contributed by atoms with Crippen molar-refractivity contribution in [1.29, 1.82) is 0 Å². The Morgan fingerprint density at radius 3 is 1.77 bits per heavy atom. The lowest BCUT2D eigenvalue weighted by atomic mass is 10.5. The van der Waals surface area contributed by atoms with Crippen molar-refractivity contribution in [3.8, 4) is 0 Å². The molecule has 0 saturated carbocycles. The van der Waals surface area contributed by atoms with Gasteiger partial charge in [0.2, 0.25) is 5.91 Å². The van der Waals surface area contributed by atoms with Crippen LogP contribution in [0, 0.1) is 0 Å². The Bertz CT molecular complexity index is 286. The second kappa shape index (κ2) is 16.3. The fourth-order valence-electron chi connectivity index (χ4n) is 1.32. The molecule has 0 radical (unpaired) electrons. The number of ether oxygens (including phenoxy) is 5. The second-order valence-corrected chi connectivity index (χ2v) is 4.37. The number of hydrogen-bond acceptors (Lipinski definition) is 7. The van der Waals surface area contributed by atoms with E-state index in [-0.39, 0.29) is 24.9 Å². The third-order valence-electron chi connectivity index (χ3n) is 2.27. The van der Waals surface area contributed by atoms with Crippen molar-refractivity contribution in [2.45, 2.75) is 6.92 Å². The third kappa shape index (κ3) is 17.0. The molecule has 0 spiro atoms. The molecule has 0 atom stereocenters. The molecule has 0 rings (SSSR count). The van der Waals surface area contributed by atoms with Crippen LogP contribution in [0.4, 0.5) is 0 Å². The Hall–Kier alpha value is -1.06. The summed E-state index contributed by atoms with van der Waals surface area (Å²) < 4.78 is 25.5. The molecular formula is C14H27NO7. The lowest BCUT2D eigenvalue weighted by molar-refractivity contribution is -0.125. The Kier molecular flexibility index (Phi) is 15.5. The van der Waals surface area contributed by atoms with Crippen LogP contribution in [0.5, 0.6) is 0 Å². The van der Waals surface area contributed by atoms with Gasteiger partial charge in [-0.3, -0.25) is 9.59 Å². The van der Waals surface area contributed by atoms with Crippen LogP contribution in [0.3, 0.4) is 0 Å². The van der Waals surface area contributed by atoms with Gasteiger partial charge in [-0.25, -0.2) is 0 Å². The highest BCUT2D eigenvalue weighted by atomic mass is 16.6. The van der Waals surface area contributed by atoms with Gasteiger partial charge >= 0.3 is 0 Å². The van der Waals surface area contributed by atoms with Gasteiger partial charge in [0, 0.05) is 13.7 Å². The topological polar surface area (TPSA) is 92.3 Å². The lowest BCUT2D eigenvalue weighted by Gasteiger charge is -2.07. The minimum atomic E-state index is -0.160. The standard InChI is InChI=1S/C14H27NO7/c1-13(16)11-22-10-9-21-8-7-20-6-5-19-4-3-15-14(17)12-18-2/h3-12H2,1-2H3,(H,15,17). The van der Waals surface area contributed by atoms with E-state index in [1.165, 1.54) is 14.0 Å². The first-order chi connectivity index (χ1) is 10.7. The van der Waals surface area contributed by atoms with E-state index in [1.807, 2.05) is 0 Å². The minimum absolute atomic E-state index is 0.00148. The third-order valence-corrected chi connectivity index (χ3v) is 2.27. The zero-order valence-corrected chi connectivity index (χ0v) is 13.4. The molecule has 8 heteroatoms. The highest BCUT2D eigenvalue weighted by Gasteiger charge is 1.98. The molecule has 0 aliphatic rings. The molecule has 0 aromatic rings. The number of methoxy groups -OCH3 is 1. The van der Waals surface area contributed by atoms with Gasteiger partial charge in [-0.15, -0.1) is 0 Å². The molecule has 1 amide bonds. The summed E-state index contributed by atoms with van der Waals surface area (Å²) in [6.45, 7) is 5.26. The van der Waals surface area contributed by atoms with Crippen LogP contribution >= 0.6 is 0 Å². The van der Waals surface area contributed by atoms with E-state index < -0.39 is 0 Å². The first-order valence-corrected chi connectivity index (χ1v) is 7.23. The SMILES string of the molecule is COCC(=O)NCCOCCOCCOCCOCC(C)=O. The summed E-state index contributed by atoms with van der Waals surface area (Å²) in [5, 5.41) is 2.64. The molecule has 0 fully saturated rings. The molecule has 22 heavy (non-hydrogen) atoms. The summed E-state index contributed by atoms with van der Waals surface area (Å²) in [7, 11) is 1.47. The number of Topliss-reactive ketones (excluding diaryl/α,β-unsaturated/α-hetero) is 1. The van der Waals surface area contributed by atoms with E-state index in [1.54, 1.807) is 0 Å². The maximum Gasteiger partial charge on any atom is 0.246 e. The first kappa shape index (κ1) is 20.9. The number of hydrogen-bond donors (Lipinski definition) is 1. The maximum absolute atomic E-state index is 11.0. The number of rotatable bonds is 16. The molecule has 0 unspecified atom stereocenters. The molecule has 130 valence electrons. The van der Waals surface area contributed by atoms with Gasteiger partial charge in [-0.05, 0) is 6.92 Å². The zero-order chi connectivity index (χ0) is 16.5. The fraction of sp³-hybridized carbons (Fsp3) is 0.857. The molecule has 0 heterocycles. The number of nitrogens with one attached hydrogen (secondary N) is 1. The van der Waals surface area contributed by atoms with Gasteiger partial charge in [-0.2, -0.15) is 0 Å². The first-order valence-electron chi connectivity index (χ1n) is 7.23. The van der Waals surface area contributed by atoms with Gasteiger partial charge in [-0.1, -0.05) is 0 Å². The fourth-order valence-corrected chi connectivity index (χ4v) is 1.32. The van der Waals surface area contributed by atoms with Crippen LogP contribution < -0.4 is 5.32 Å². The lowest BCUT2D eigenvalue weighted by Crippen LogP contribution is -2.30. The average Bonchev–Trinajstić information content (AvgIpc) is 2.47. The van der Waals surface area contributed by atoms with Crippen LogP contribution in [0.1, 0.15) is 6.92 Å². The van der Waals surface area contributed by atoms with Gasteiger partial charge in [0.15, 0.2) is 5.78 Å². The second-order valence-electron chi connectivity index (χ2n) is 4.37. The molecule has 0 aromatic heterocycles. The molecule has 1 N–H and O–H groups in total. The quantitative estimate of drug-likeness (QED) is 0.380. The predicted octanol–water partition coefficient (Wildman–Crippen LogP) is -0.596. The van der Waals surface area contributed by atoms with E-state index in [0.29, 0.717) is 52.8 Å². The van der Waals surface area contributed by atoms with Crippen molar-refractivity contribution in [3.05, 3.63) is 0 Å². The Balaban J connectivity index is 3.05. The average molecular weight is 321 g/mol. The predicted molar refractivity (Wildman–Crippen MR) is 78.8 cm³/mol. The van der Waals surface area contributed by atoms with E-state index >= 15 is 0 Å². The Morgan fingerprint density at radius 1 is 0.773 bits per heavy atom. The minimum Gasteiger partial charge on any atom is -0.377 e. The van der Waals surface area contributed by atoms with Crippen LogP contribution in [0.2, 0.25) is 0 Å². The molecule has 0 aliphatic heterocycles. The monoisotopic (exact) mass is 321 g/mol. The van der Waals surface area contributed by atoms with Crippen molar-refractivity contribution in [1.82, 2.24) is 5.32 Å². The molecule has 0 bridgehead atoms. The van der Waals surface area contributed by atoms with Crippen molar-refractivity contribution in [3.63, 3.8) is 0 Å². The molecule has 0 aromatic carbocycles. The zero-order valence-electron chi connectivity index (χ0n) is 13.4. The Morgan fingerprint density at radius 2 is 1.27 bits per heavy atom. The van der Waals surface area contributed by atoms with Gasteiger partial charge < -0.3 is 29.0 Å². The molecule has 0 saturated heterocycles. The van der Waals surface area contributed by atoms with Gasteiger partial charge in [0.1, 0.15) is 13.2 Å². The van der Waals surface area contributed by atoms with Crippen LogP contribution in [0.15, 0.2) is 0 Å². The van der Waals surface area contributed by atoms with Crippen molar-refractivity contribution >= 4 is 11.7 Å². The molecule has 0 aliphatic carbocycles. The maximum atomic E-state index is 11.0. The smallest absolute Gasteiger partial charge is 0.246 e. The largest absolute Gasteiger partial charge is 0.377 e.